The number of rotatable bonds is 4. The topological polar surface area (TPSA) is 72.2 Å². The smallest absolute Gasteiger partial charge is 0.244 e. The van der Waals surface area contributed by atoms with Crippen LogP contribution in [-0.2, 0) is 16.1 Å². The first kappa shape index (κ1) is 11.0. The van der Waals surface area contributed by atoms with Crippen LogP contribution in [0.25, 0.3) is 0 Å². The summed E-state index contributed by atoms with van der Waals surface area (Å²) in [5.74, 6) is -0.970. The number of amides is 2. The molecule has 4 nitrogen and oxygen atoms in total. The molecule has 0 aromatic heterocycles. The van der Waals surface area contributed by atoms with Crippen LogP contribution in [0.2, 0.25) is 0 Å². The lowest BCUT2D eigenvalue weighted by Gasteiger charge is -2.01. The lowest BCUT2D eigenvalue weighted by molar-refractivity contribution is -0.117. The van der Waals surface area contributed by atoms with Crippen molar-refractivity contribution < 1.29 is 9.59 Å². The lowest BCUT2D eigenvalue weighted by Crippen LogP contribution is -2.21. The minimum absolute atomic E-state index is 0.336. The molecule has 4 heteroatoms. The third kappa shape index (κ3) is 4.61. The molecule has 78 valence electrons. The number of hydrogen-bond donors (Lipinski definition) is 2. The van der Waals surface area contributed by atoms with Gasteiger partial charge in [-0.2, -0.15) is 0 Å². The van der Waals surface area contributed by atoms with Gasteiger partial charge in [0.15, 0.2) is 0 Å². The highest BCUT2D eigenvalue weighted by Gasteiger charge is 1.96. The molecule has 3 N–H and O–H groups in total. The first-order chi connectivity index (χ1) is 7.18. The molecule has 1 rings (SSSR count). The molecular formula is C11H12N2O2. The predicted molar refractivity (Wildman–Crippen MR) is 56.6 cm³/mol. The van der Waals surface area contributed by atoms with Crippen LogP contribution < -0.4 is 11.1 Å². The molecule has 0 saturated heterocycles. The van der Waals surface area contributed by atoms with E-state index in [1.54, 1.807) is 0 Å². The van der Waals surface area contributed by atoms with Crippen LogP contribution in [-0.4, -0.2) is 11.8 Å². The van der Waals surface area contributed by atoms with Crippen LogP contribution in [0.1, 0.15) is 5.56 Å². The summed E-state index contributed by atoms with van der Waals surface area (Å²) in [7, 11) is 0. The van der Waals surface area contributed by atoms with E-state index in [2.05, 4.69) is 5.32 Å². The Morgan fingerprint density at radius 3 is 2.47 bits per heavy atom. The van der Waals surface area contributed by atoms with Crippen molar-refractivity contribution in [2.24, 2.45) is 5.73 Å². The van der Waals surface area contributed by atoms with Crippen LogP contribution in [0.15, 0.2) is 42.5 Å². The Kier molecular flexibility index (Phi) is 4.09. The molecule has 0 spiro atoms. The summed E-state index contributed by atoms with van der Waals surface area (Å²) in [6.45, 7) is 0.433. The normalized spacial score (nSPS) is 10.1. The second kappa shape index (κ2) is 5.59. The summed E-state index contributed by atoms with van der Waals surface area (Å²) >= 11 is 0. The van der Waals surface area contributed by atoms with Crippen molar-refractivity contribution in [1.82, 2.24) is 5.32 Å². The fraction of sp³-hybridized carbons (Fsp3) is 0.0909. The molecule has 2 amide bonds. The van der Waals surface area contributed by atoms with Gasteiger partial charge in [-0.3, -0.25) is 9.59 Å². The van der Waals surface area contributed by atoms with Crippen LogP contribution in [0.5, 0.6) is 0 Å². The van der Waals surface area contributed by atoms with E-state index in [1.165, 1.54) is 0 Å². The van der Waals surface area contributed by atoms with Crippen molar-refractivity contribution >= 4 is 11.8 Å². The predicted octanol–water partition coefficient (Wildman–Crippen LogP) is 0.344. The molecule has 0 aliphatic rings. The Bertz CT molecular complexity index is 371. The van der Waals surface area contributed by atoms with E-state index in [4.69, 9.17) is 5.73 Å². The summed E-state index contributed by atoms with van der Waals surface area (Å²) in [6.07, 6.45) is 2.14. The Morgan fingerprint density at radius 1 is 1.20 bits per heavy atom. The summed E-state index contributed by atoms with van der Waals surface area (Å²) in [5, 5.41) is 2.62. The fourth-order valence-electron chi connectivity index (χ4n) is 1.00. The Balaban J connectivity index is 2.38. The van der Waals surface area contributed by atoms with Gasteiger partial charge in [0.05, 0.1) is 0 Å². The number of carbonyl (C=O) groups is 2. The van der Waals surface area contributed by atoms with Crippen LogP contribution in [0.3, 0.4) is 0 Å². The quantitative estimate of drug-likeness (QED) is 0.694. The van der Waals surface area contributed by atoms with Crippen molar-refractivity contribution in [3.05, 3.63) is 48.0 Å². The first-order valence-corrected chi connectivity index (χ1v) is 4.48. The Labute approximate surface area is 87.8 Å². The van der Waals surface area contributed by atoms with Gasteiger partial charge in [-0.15, -0.1) is 0 Å². The van der Waals surface area contributed by atoms with E-state index < -0.39 is 5.91 Å². The maximum Gasteiger partial charge on any atom is 0.244 e. The zero-order chi connectivity index (χ0) is 11.1. The molecule has 0 atom stereocenters. The zero-order valence-corrected chi connectivity index (χ0v) is 8.14. The van der Waals surface area contributed by atoms with E-state index >= 15 is 0 Å². The molecule has 0 fully saturated rings. The average Bonchev–Trinajstić information content (AvgIpc) is 2.25. The van der Waals surface area contributed by atoms with Gasteiger partial charge < -0.3 is 11.1 Å². The molecule has 0 bridgehead atoms. The van der Waals surface area contributed by atoms with Gasteiger partial charge in [0.1, 0.15) is 0 Å². The number of hydrogen-bond acceptors (Lipinski definition) is 2. The zero-order valence-electron chi connectivity index (χ0n) is 8.14. The summed E-state index contributed by atoms with van der Waals surface area (Å²) < 4.78 is 0. The van der Waals surface area contributed by atoms with Gasteiger partial charge in [-0.25, -0.2) is 0 Å². The van der Waals surface area contributed by atoms with Crippen LogP contribution in [0, 0.1) is 0 Å². The second-order valence-corrected chi connectivity index (χ2v) is 2.94. The molecule has 1 aromatic rings. The van der Waals surface area contributed by atoms with Crippen molar-refractivity contribution in [2.45, 2.75) is 6.54 Å². The van der Waals surface area contributed by atoms with Crippen molar-refractivity contribution in [3.8, 4) is 0 Å². The van der Waals surface area contributed by atoms with Gasteiger partial charge >= 0.3 is 0 Å². The summed E-state index contributed by atoms with van der Waals surface area (Å²) in [5.41, 5.74) is 5.84. The maximum atomic E-state index is 11.1. The van der Waals surface area contributed by atoms with E-state index in [1.807, 2.05) is 30.3 Å². The molecule has 15 heavy (non-hydrogen) atoms. The molecule has 0 radical (unpaired) electrons. The molecule has 0 aliphatic heterocycles. The molecule has 0 heterocycles. The molecule has 0 unspecified atom stereocenters. The molecule has 1 aromatic carbocycles. The SMILES string of the molecule is NC(=O)C=CC(=O)NCc1ccccc1. The molecular weight excluding hydrogens is 192 g/mol. The standard InChI is InChI=1S/C11H12N2O2/c12-10(14)6-7-11(15)13-8-9-4-2-1-3-5-9/h1-7H,8H2,(H2,12,14)(H,13,15). The monoisotopic (exact) mass is 204 g/mol. The van der Waals surface area contributed by atoms with E-state index in [0.29, 0.717) is 6.54 Å². The van der Waals surface area contributed by atoms with Crippen molar-refractivity contribution in [1.29, 1.82) is 0 Å². The highest BCUT2D eigenvalue weighted by Crippen LogP contribution is 1.96. The first-order valence-electron chi connectivity index (χ1n) is 4.48. The highest BCUT2D eigenvalue weighted by atomic mass is 16.2. The maximum absolute atomic E-state index is 11.1. The summed E-state index contributed by atoms with van der Waals surface area (Å²) in [4.78, 5) is 21.4. The third-order valence-electron chi connectivity index (χ3n) is 1.71. The number of primary amides is 1. The minimum atomic E-state index is -0.634. The molecule has 0 aliphatic carbocycles. The highest BCUT2D eigenvalue weighted by molar-refractivity contribution is 5.95. The third-order valence-corrected chi connectivity index (χ3v) is 1.71. The number of nitrogens with one attached hydrogen (secondary N) is 1. The Hall–Kier alpha value is -2.10. The molecule has 0 saturated carbocycles. The number of benzene rings is 1. The minimum Gasteiger partial charge on any atom is -0.366 e. The average molecular weight is 204 g/mol. The van der Waals surface area contributed by atoms with Crippen LogP contribution >= 0.6 is 0 Å². The van der Waals surface area contributed by atoms with Gasteiger partial charge in [0, 0.05) is 18.7 Å². The van der Waals surface area contributed by atoms with E-state index in [0.717, 1.165) is 17.7 Å². The van der Waals surface area contributed by atoms with Gasteiger partial charge in [0.2, 0.25) is 11.8 Å². The van der Waals surface area contributed by atoms with Crippen LogP contribution in [0.4, 0.5) is 0 Å². The fourth-order valence-corrected chi connectivity index (χ4v) is 1.00. The van der Waals surface area contributed by atoms with Gasteiger partial charge in [-0.1, -0.05) is 30.3 Å². The van der Waals surface area contributed by atoms with Gasteiger partial charge in [-0.05, 0) is 5.56 Å². The number of carbonyl (C=O) groups excluding carboxylic acids is 2. The van der Waals surface area contributed by atoms with E-state index in [-0.39, 0.29) is 5.91 Å². The largest absolute Gasteiger partial charge is 0.366 e. The Morgan fingerprint density at radius 2 is 1.87 bits per heavy atom. The van der Waals surface area contributed by atoms with Crippen molar-refractivity contribution in [3.63, 3.8) is 0 Å². The van der Waals surface area contributed by atoms with E-state index in [9.17, 15) is 9.59 Å². The lowest BCUT2D eigenvalue weighted by atomic mass is 10.2. The van der Waals surface area contributed by atoms with Gasteiger partial charge in [0.25, 0.3) is 0 Å². The number of nitrogens with two attached hydrogens (primary N) is 1. The second-order valence-electron chi connectivity index (χ2n) is 2.94. The van der Waals surface area contributed by atoms with Crippen molar-refractivity contribution in [2.75, 3.05) is 0 Å². The summed E-state index contributed by atoms with van der Waals surface area (Å²) in [6, 6.07) is 9.48.